The normalized spacial score (nSPS) is 9.82. The van der Waals surface area contributed by atoms with Crippen LogP contribution >= 0.6 is 12.4 Å². The maximum absolute atomic E-state index is 5.34. The number of hydrogen-bond donors (Lipinski definition) is 0. The minimum absolute atomic E-state index is 0. The highest BCUT2D eigenvalue weighted by atomic mass is 35.5. The Morgan fingerprint density at radius 1 is 0.955 bits per heavy atom. The van der Waals surface area contributed by atoms with E-state index < -0.39 is 0 Å². The summed E-state index contributed by atoms with van der Waals surface area (Å²) < 4.78 is 10.6. The zero-order valence-corrected chi connectivity index (χ0v) is 14.2. The molecule has 22 heavy (non-hydrogen) atoms. The van der Waals surface area contributed by atoms with Crippen LogP contribution in [0.2, 0.25) is 0 Å². The molecule has 0 aliphatic carbocycles. The van der Waals surface area contributed by atoms with Gasteiger partial charge in [-0.15, -0.1) is 12.4 Å². The lowest BCUT2D eigenvalue weighted by Crippen LogP contribution is -2.22. The second kappa shape index (κ2) is 8.44. The molecule has 0 aliphatic heterocycles. The summed E-state index contributed by atoms with van der Waals surface area (Å²) in [4.78, 5) is 10.9. The summed E-state index contributed by atoms with van der Waals surface area (Å²) in [5, 5.41) is 0. The Kier molecular flexibility index (Phi) is 6.92. The molecule has 0 fully saturated rings. The van der Waals surface area contributed by atoms with E-state index in [4.69, 9.17) is 9.47 Å². The molecule has 5 nitrogen and oxygen atoms in total. The molecule has 0 spiro atoms. The SMILES string of the molecule is CCN(CC)c1cc(-c2ccc(OC)c(OC)c2)ncn1.Cl. The Labute approximate surface area is 137 Å². The Morgan fingerprint density at radius 2 is 1.64 bits per heavy atom. The number of nitrogens with zero attached hydrogens (tertiary/aromatic N) is 3. The fraction of sp³-hybridized carbons (Fsp3) is 0.375. The fourth-order valence-electron chi connectivity index (χ4n) is 2.22. The van der Waals surface area contributed by atoms with Crippen molar-refractivity contribution in [2.75, 3.05) is 32.2 Å². The summed E-state index contributed by atoms with van der Waals surface area (Å²) in [6.07, 6.45) is 1.60. The van der Waals surface area contributed by atoms with Gasteiger partial charge in [0.15, 0.2) is 11.5 Å². The highest BCUT2D eigenvalue weighted by Gasteiger charge is 2.10. The third-order valence-corrected chi connectivity index (χ3v) is 3.42. The van der Waals surface area contributed by atoms with Crippen LogP contribution in [0.4, 0.5) is 5.82 Å². The first-order valence-corrected chi connectivity index (χ1v) is 7.02. The molecule has 0 N–H and O–H groups in total. The van der Waals surface area contributed by atoms with Crippen LogP contribution in [0.25, 0.3) is 11.3 Å². The lowest BCUT2D eigenvalue weighted by atomic mass is 10.1. The molecule has 2 aromatic rings. The molecule has 0 aliphatic rings. The van der Waals surface area contributed by atoms with Gasteiger partial charge in [-0.05, 0) is 32.0 Å². The molecule has 1 aromatic carbocycles. The topological polar surface area (TPSA) is 47.5 Å². The lowest BCUT2D eigenvalue weighted by molar-refractivity contribution is 0.355. The zero-order chi connectivity index (χ0) is 15.2. The largest absolute Gasteiger partial charge is 0.493 e. The van der Waals surface area contributed by atoms with E-state index in [-0.39, 0.29) is 12.4 Å². The molecular formula is C16H22ClN3O2. The van der Waals surface area contributed by atoms with Crippen molar-refractivity contribution in [3.8, 4) is 22.8 Å². The van der Waals surface area contributed by atoms with Crippen molar-refractivity contribution in [2.24, 2.45) is 0 Å². The number of methoxy groups -OCH3 is 2. The van der Waals surface area contributed by atoms with Crippen molar-refractivity contribution in [3.05, 3.63) is 30.6 Å². The lowest BCUT2D eigenvalue weighted by Gasteiger charge is -2.19. The minimum Gasteiger partial charge on any atom is -0.493 e. The molecule has 0 unspecified atom stereocenters. The minimum atomic E-state index is 0. The Morgan fingerprint density at radius 3 is 2.23 bits per heavy atom. The number of aromatic nitrogens is 2. The summed E-state index contributed by atoms with van der Waals surface area (Å²) >= 11 is 0. The molecule has 0 bridgehead atoms. The van der Waals surface area contributed by atoms with Crippen LogP contribution in [0.3, 0.4) is 0 Å². The number of anilines is 1. The molecule has 6 heteroatoms. The molecule has 1 heterocycles. The van der Waals surface area contributed by atoms with Crippen LogP contribution < -0.4 is 14.4 Å². The van der Waals surface area contributed by atoms with Gasteiger partial charge < -0.3 is 14.4 Å². The van der Waals surface area contributed by atoms with E-state index in [0.29, 0.717) is 11.5 Å². The maximum atomic E-state index is 5.34. The van der Waals surface area contributed by atoms with E-state index in [0.717, 1.165) is 30.2 Å². The van der Waals surface area contributed by atoms with Gasteiger partial charge in [-0.25, -0.2) is 9.97 Å². The monoisotopic (exact) mass is 323 g/mol. The number of ether oxygens (including phenoxy) is 2. The van der Waals surface area contributed by atoms with Gasteiger partial charge in [-0.2, -0.15) is 0 Å². The van der Waals surface area contributed by atoms with Crippen molar-refractivity contribution in [2.45, 2.75) is 13.8 Å². The first-order chi connectivity index (χ1) is 10.2. The molecule has 0 amide bonds. The van der Waals surface area contributed by atoms with Gasteiger partial charge in [-0.3, -0.25) is 0 Å². The van der Waals surface area contributed by atoms with Crippen LogP contribution in [0, 0.1) is 0 Å². The first kappa shape index (κ1) is 18.0. The highest BCUT2D eigenvalue weighted by molar-refractivity contribution is 5.85. The smallest absolute Gasteiger partial charge is 0.161 e. The fourth-order valence-corrected chi connectivity index (χ4v) is 2.22. The van der Waals surface area contributed by atoms with Crippen LogP contribution in [0.1, 0.15) is 13.8 Å². The molecule has 1 aromatic heterocycles. The molecule has 2 rings (SSSR count). The summed E-state index contributed by atoms with van der Waals surface area (Å²) in [6, 6.07) is 7.77. The highest BCUT2D eigenvalue weighted by Crippen LogP contribution is 2.32. The molecule has 0 radical (unpaired) electrons. The Bertz CT molecular complexity index is 604. The van der Waals surface area contributed by atoms with Crippen molar-refractivity contribution < 1.29 is 9.47 Å². The molecule has 0 saturated heterocycles. The maximum Gasteiger partial charge on any atom is 0.161 e. The number of hydrogen-bond acceptors (Lipinski definition) is 5. The van der Waals surface area contributed by atoms with Crippen molar-refractivity contribution in [1.29, 1.82) is 0 Å². The van der Waals surface area contributed by atoms with Crippen molar-refractivity contribution in [3.63, 3.8) is 0 Å². The van der Waals surface area contributed by atoms with Crippen LogP contribution in [0.15, 0.2) is 30.6 Å². The predicted molar refractivity (Wildman–Crippen MR) is 91.4 cm³/mol. The van der Waals surface area contributed by atoms with Crippen molar-refractivity contribution in [1.82, 2.24) is 9.97 Å². The van der Waals surface area contributed by atoms with Crippen LogP contribution in [-0.4, -0.2) is 37.3 Å². The summed E-state index contributed by atoms with van der Waals surface area (Å²) in [5.74, 6) is 2.33. The number of benzene rings is 1. The van der Waals surface area contributed by atoms with E-state index >= 15 is 0 Å². The summed E-state index contributed by atoms with van der Waals surface area (Å²) in [7, 11) is 3.25. The van der Waals surface area contributed by atoms with Crippen LogP contribution in [-0.2, 0) is 0 Å². The molecule has 0 atom stereocenters. The average molecular weight is 324 g/mol. The predicted octanol–water partition coefficient (Wildman–Crippen LogP) is 3.43. The molecule has 120 valence electrons. The quantitative estimate of drug-likeness (QED) is 0.815. The standard InChI is InChI=1S/C16H21N3O2.ClH/c1-5-19(6-2)16-10-13(17-11-18-16)12-7-8-14(20-3)15(9-12)21-4;/h7-11H,5-6H2,1-4H3;1H. The second-order valence-electron chi connectivity index (χ2n) is 4.50. The van der Waals surface area contributed by atoms with E-state index in [1.807, 2.05) is 24.3 Å². The average Bonchev–Trinajstić information content (AvgIpc) is 2.55. The third-order valence-electron chi connectivity index (χ3n) is 3.42. The van der Waals surface area contributed by atoms with Gasteiger partial charge in [0.25, 0.3) is 0 Å². The molecule has 0 saturated carbocycles. The number of halogens is 1. The summed E-state index contributed by atoms with van der Waals surface area (Å²) in [5.41, 5.74) is 1.84. The van der Waals surface area contributed by atoms with E-state index in [1.54, 1.807) is 20.5 Å². The van der Waals surface area contributed by atoms with Gasteiger partial charge in [0.2, 0.25) is 0 Å². The van der Waals surface area contributed by atoms with Gasteiger partial charge in [-0.1, -0.05) is 0 Å². The van der Waals surface area contributed by atoms with Crippen LogP contribution in [0.5, 0.6) is 11.5 Å². The Hall–Kier alpha value is -2.01. The zero-order valence-electron chi connectivity index (χ0n) is 13.4. The third kappa shape index (κ3) is 3.80. The van der Waals surface area contributed by atoms with E-state index in [2.05, 4.69) is 28.7 Å². The van der Waals surface area contributed by atoms with E-state index in [9.17, 15) is 0 Å². The van der Waals surface area contributed by atoms with Gasteiger partial charge in [0.05, 0.1) is 19.9 Å². The van der Waals surface area contributed by atoms with Gasteiger partial charge >= 0.3 is 0 Å². The van der Waals surface area contributed by atoms with E-state index in [1.165, 1.54) is 0 Å². The van der Waals surface area contributed by atoms with Gasteiger partial charge in [0.1, 0.15) is 12.1 Å². The Balaban J connectivity index is 0.00000242. The first-order valence-electron chi connectivity index (χ1n) is 7.02. The van der Waals surface area contributed by atoms with Crippen molar-refractivity contribution >= 4 is 18.2 Å². The summed E-state index contributed by atoms with van der Waals surface area (Å²) in [6.45, 7) is 6.06. The molecular weight excluding hydrogens is 302 g/mol. The van der Waals surface area contributed by atoms with Gasteiger partial charge in [0, 0.05) is 24.7 Å². The number of rotatable bonds is 6. The second-order valence-corrected chi connectivity index (χ2v) is 4.50.